The van der Waals surface area contributed by atoms with E-state index < -0.39 is 6.10 Å². The number of hydrogen-bond acceptors (Lipinski definition) is 3. The Kier molecular flexibility index (Phi) is 2.67. The molecule has 0 aliphatic rings. The van der Waals surface area contributed by atoms with E-state index in [2.05, 4.69) is 0 Å². The fraction of sp³-hybridized carbons (Fsp3) is 0.222. The van der Waals surface area contributed by atoms with Crippen LogP contribution in [0.15, 0.2) is 24.3 Å². The molecule has 0 heterocycles. The van der Waals surface area contributed by atoms with Crippen LogP contribution in [0, 0.1) is 11.3 Å². The smallest absolute Gasteiger partial charge is 0.168 e. The number of benzene rings is 1. The van der Waals surface area contributed by atoms with Gasteiger partial charge in [-0.15, -0.1) is 0 Å². The first kappa shape index (κ1) is 8.57. The molecule has 0 saturated carbocycles. The number of hydrogen-bond donors (Lipinski definition) is 1. The summed E-state index contributed by atoms with van der Waals surface area (Å²) in [5.74, 6) is 0.143. The fourth-order valence-electron chi connectivity index (χ4n) is 0.951. The molecule has 1 N–H and O–H groups in total. The molecule has 0 aromatic heterocycles. The van der Waals surface area contributed by atoms with Crippen molar-refractivity contribution in [3.8, 4) is 11.8 Å². The SMILES string of the molecule is COC(C#N)c1cccc(O)c1. The molecule has 0 radical (unpaired) electrons. The van der Waals surface area contributed by atoms with Gasteiger partial charge in [-0.1, -0.05) is 12.1 Å². The highest BCUT2D eigenvalue weighted by molar-refractivity contribution is 5.30. The molecule has 0 amide bonds. The number of rotatable bonds is 2. The van der Waals surface area contributed by atoms with Gasteiger partial charge in [-0.05, 0) is 17.7 Å². The van der Waals surface area contributed by atoms with Gasteiger partial charge in [-0.25, -0.2) is 0 Å². The van der Waals surface area contributed by atoms with Crippen LogP contribution >= 0.6 is 0 Å². The summed E-state index contributed by atoms with van der Waals surface area (Å²) in [6, 6.07) is 8.43. The number of phenols is 1. The van der Waals surface area contributed by atoms with Crippen molar-refractivity contribution in [2.45, 2.75) is 6.10 Å². The molecular weight excluding hydrogens is 154 g/mol. The summed E-state index contributed by atoms with van der Waals surface area (Å²) in [7, 11) is 1.46. The van der Waals surface area contributed by atoms with E-state index in [1.807, 2.05) is 6.07 Å². The predicted octanol–water partition coefficient (Wildman–Crippen LogP) is 1.60. The van der Waals surface area contributed by atoms with E-state index in [1.165, 1.54) is 13.2 Å². The third-order valence-electron chi connectivity index (χ3n) is 1.53. The van der Waals surface area contributed by atoms with Gasteiger partial charge in [0.15, 0.2) is 6.10 Å². The molecule has 1 unspecified atom stereocenters. The Balaban J connectivity index is 2.95. The van der Waals surface area contributed by atoms with Gasteiger partial charge < -0.3 is 9.84 Å². The summed E-state index contributed by atoms with van der Waals surface area (Å²) in [5.41, 5.74) is 0.667. The maximum Gasteiger partial charge on any atom is 0.168 e. The van der Waals surface area contributed by atoms with E-state index in [4.69, 9.17) is 15.1 Å². The molecule has 0 spiro atoms. The summed E-state index contributed by atoms with van der Waals surface area (Å²) in [5, 5.41) is 17.7. The van der Waals surface area contributed by atoms with Crippen LogP contribution in [-0.2, 0) is 4.74 Å². The number of nitriles is 1. The minimum Gasteiger partial charge on any atom is -0.508 e. The molecule has 12 heavy (non-hydrogen) atoms. The van der Waals surface area contributed by atoms with Crippen LogP contribution in [0.25, 0.3) is 0 Å². The van der Waals surface area contributed by atoms with Crippen molar-refractivity contribution >= 4 is 0 Å². The minimum atomic E-state index is -0.600. The molecule has 3 heteroatoms. The average Bonchev–Trinajstić information content (AvgIpc) is 2.07. The van der Waals surface area contributed by atoms with E-state index in [9.17, 15) is 0 Å². The molecule has 0 bridgehead atoms. The quantitative estimate of drug-likeness (QED) is 0.720. The summed E-state index contributed by atoms with van der Waals surface area (Å²) in [4.78, 5) is 0. The molecule has 0 aliphatic heterocycles. The van der Waals surface area contributed by atoms with E-state index in [0.29, 0.717) is 5.56 Å². The number of aromatic hydroxyl groups is 1. The number of ether oxygens (including phenoxy) is 1. The third kappa shape index (κ3) is 1.74. The van der Waals surface area contributed by atoms with E-state index in [-0.39, 0.29) is 5.75 Å². The van der Waals surface area contributed by atoms with Crippen molar-refractivity contribution in [1.82, 2.24) is 0 Å². The van der Waals surface area contributed by atoms with Crippen molar-refractivity contribution in [3.05, 3.63) is 29.8 Å². The molecule has 0 saturated heterocycles. The Morgan fingerprint density at radius 2 is 2.33 bits per heavy atom. The summed E-state index contributed by atoms with van der Waals surface area (Å²) < 4.78 is 4.87. The Labute approximate surface area is 70.8 Å². The highest BCUT2D eigenvalue weighted by Gasteiger charge is 2.07. The fourth-order valence-corrected chi connectivity index (χ4v) is 0.951. The first-order valence-electron chi connectivity index (χ1n) is 3.49. The highest BCUT2D eigenvalue weighted by Crippen LogP contribution is 2.19. The van der Waals surface area contributed by atoms with Gasteiger partial charge in [-0.3, -0.25) is 0 Å². The van der Waals surface area contributed by atoms with Gasteiger partial charge in [0, 0.05) is 7.11 Å². The lowest BCUT2D eigenvalue weighted by atomic mass is 10.1. The molecule has 0 aliphatic carbocycles. The van der Waals surface area contributed by atoms with Crippen LogP contribution in [0.3, 0.4) is 0 Å². The predicted molar refractivity (Wildman–Crippen MR) is 43.5 cm³/mol. The lowest BCUT2D eigenvalue weighted by molar-refractivity contribution is 0.148. The first-order chi connectivity index (χ1) is 5.77. The summed E-state index contributed by atoms with van der Waals surface area (Å²) >= 11 is 0. The van der Waals surface area contributed by atoms with E-state index >= 15 is 0 Å². The van der Waals surface area contributed by atoms with Gasteiger partial charge in [-0.2, -0.15) is 5.26 Å². The second-order valence-corrected chi connectivity index (χ2v) is 2.34. The van der Waals surface area contributed by atoms with Crippen LogP contribution in [0.5, 0.6) is 5.75 Å². The minimum absolute atomic E-state index is 0.143. The first-order valence-corrected chi connectivity index (χ1v) is 3.49. The number of phenolic OH excluding ortho intramolecular Hbond substituents is 1. The van der Waals surface area contributed by atoms with Crippen molar-refractivity contribution in [1.29, 1.82) is 5.26 Å². The maximum absolute atomic E-state index is 9.09. The molecule has 1 rings (SSSR count). The molecule has 1 aromatic rings. The average molecular weight is 163 g/mol. The van der Waals surface area contributed by atoms with Crippen LogP contribution in [0.1, 0.15) is 11.7 Å². The molecule has 1 aromatic carbocycles. The Hall–Kier alpha value is -1.53. The lowest BCUT2D eigenvalue weighted by Gasteiger charge is -2.06. The second kappa shape index (κ2) is 3.74. The summed E-state index contributed by atoms with van der Waals surface area (Å²) in [6.45, 7) is 0. The van der Waals surface area contributed by atoms with Crippen LogP contribution < -0.4 is 0 Å². The topological polar surface area (TPSA) is 53.2 Å². The van der Waals surface area contributed by atoms with Crippen molar-refractivity contribution < 1.29 is 9.84 Å². The molecule has 1 atom stereocenters. The molecule has 3 nitrogen and oxygen atoms in total. The van der Waals surface area contributed by atoms with Crippen molar-refractivity contribution in [2.24, 2.45) is 0 Å². The normalized spacial score (nSPS) is 12.0. The van der Waals surface area contributed by atoms with Crippen molar-refractivity contribution in [3.63, 3.8) is 0 Å². The number of nitrogens with zero attached hydrogens (tertiary/aromatic N) is 1. The Morgan fingerprint density at radius 3 is 2.83 bits per heavy atom. The zero-order valence-electron chi connectivity index (χ0n) is 6.69. The van der Waals surface area contributed by atoms with Gasteiger partial charge in [0.1, 0.15) is 5.75 Å². The van der Waals surface area contributed by atoms with Gasteiger partial charge in [0.25, 0.3) is 0 Å². The van der Waals surface area contributed by atoms with Crippen LogP contribution in [-0.4, -0.2) is 12.2 Å². The van der Waals surface area contributed by atoms with E-state index in [1.54, 1.807) is 18.2 Å². The molecule has 62 valence electrons. The lowest BCUT2D eigenvalue weighted by Crippen LogP contribution is -1.96. The number of methoxy groups -OCH3 is 1. The third-order valence-corrected chi connectivity index (χ3v) is 1.53. The van der Waals surface area contributed by atoms with E-state index in [0.717, 1.165) is 0 Å². The van der Waals surface area contributed by atoms with Gasteiger partial charge >= 0.3 is 0 Å². The standard InChI is InChI=1S/C9H9NO2/c1-12-9(6-10)7-3-2-4-8(11)5-7/h2-5,9,11H,1H3. The van der Waals surface area contributed by atoms with Gasteiger partial charge in [0.2, 0.25) is 0 Å². The largest absolute Gasteiger partial charge is 0.508 e. The highest BCUT2D eigenvalue weighted by atomic mass is 16.5. The second-order valence-electron chi connectivity index (χ2n) is 2.34. The molecule has 0 fully saturated rings. The van der Waals surface area contributed by atoms with Crippen molar-refractivity contribution in [2.75, 3.05) is 7.11 Å². The van der Waals surface area contributed by atoms with Gasteiger partial charge in [0.05, 0.1) is 6.07 Å². The van der Waals surface area contributed by atoms with Crippen LogP contribution in [0.4, 0.5) is 0 Å². The molecular formula is C9H9NO2. The Bertz CT molecular complexity index is 304. The monoisotopic (exact) mass is 163 g/mol. The zero-order chi connectivity index (χ0) is 8.97. The summed E-state index contributed by atoms with van der Waals surface area (Å²) in [6.07, 6.45) is -0.600. The Morgan fingerprint density at radius 1 is 1.58 bits per heavy atom. The maximum atomic E-state index is 9.09. The zero-order valence-corrected chi connectivity index (χ0v) is 6.69. The van der Waals surface area contributed by atoms with Crippen LogP contribution in [0.2, 0.25) is 0 Å².